The molecule has 0 aromatic carbocycles. The van der Waals surface area contributed by atoms with E-state index in [-0.39, 0.29) is 5.91 Å². The fraction of sp³-hybridized carbons (Fsp3) is 0.933. The van der Waals surface area contributed by atoms with Crippen molar-refractivity contribution in [3.8, 4) is 0 Å². The molecule has 1 atom stereocenters. The van der Waals surface area contributed by atoms with Crippen molar-refractivity contribution in [1.82, 2.24) is 10.6 Å². The van der Waals surface area contributed by atoms with Crippen LogP contribution in [0.3, 0.4) is 0 Å². The zero-order valence-corrected chi connectivity index (χ0v) is 11.7. The van der Waals surface area contributed by atoms with E-state index in [2.05, 4.69) is 17.6 Å². The van der Waals surface area contributed by atoms with Crippen molar-refractivity contribution in [2.24, 2.45) is 5.92 Å². The van der Waals surface area contributed by atoms with Crippen LogP contribution in [0.5, 0.6) is 0 Å². The van der Waals surface area contributed by atoms with E-state index >= 15 is 0 Å². The van der Waals surface area contributed by atoms with Gasteiger partial charge in [-0.15, -0.1) is 0 Å². The largest absolute Gasteiger partial charge is 0.353 e. The second-order valence-corrected chi connectivity index (χ2v) is 5.96. The average Bonchev–Trinajstić information content (AvgIpc) is 3.19. The molecule has 2 aliphatic rings. The summed E-state index contributed by atoms with van der Waals surface area (Å²) in [5.41, 5.74) is 0. The SMILES string of the molecule is CCC(NCCC(=O)NC1CC1)C1CCCCC1. The van der Waals surface area contributed by atoms with Gasteiger partial charge in [0, 0.05) is 25.0 Å². The van der Waals surface area contributed by atoms with Crippen molar-refractivity contribution in [3.63, 3.8) is 0 Å². The molecular weight excluding hydrogens is 224 g/mol. The summed E-state index contributed by atoms with van der Waals surface area (Å²) in [7, 11) is 0. The number of nitrogens with one attached hydrogen (secondary N) is 2. The minimum Gasteiger partial charge on any atom is -0.353 e. The molecular formula is C15H28N2O. The topological polar surface area (TPSA) is 41.1 Å². The highest BCUT2D eigenvalue weighted by atomic mass is 16.1. The molecule has 2 fully saturated rings. The van der Waals surface area contributed by atoms with Gasteiger partial charge in [-0.3, -0.25) is 4.79 Å². The molecule has 0 spiro atoms. The monoisotopic (exact) mass is 252 g/mol. The van der Waals surface area contributed by atoms with E-state index in [9.17, 15) is 4.79 Å². The van der Waals surface area contributed by atoms with Gasteiger partial charge in [0.05, 0.1) is 0 Å². The highest BCUT2D eigenvalue weighted by Gasteiger charge is 2.24. The Morgan fingerprint density at radius 1 is 1.17 bits per heavy atom. The highest BCUT2D eigenvalue weighted by Crippen LogP contribution is 2.27. The molecule has 0 aromatic rings. The summed E-state index contributed by atoms with van der Waals surface area (Å²) in [4.78, 5) is 11.6. The Balaban J connectivity index is 1.61. The maximum absolute atomic E-state index is 11.6. The molecule has 1 amide bonds. The maximum atomic E-state index is 11.6. The van der Waals surface area contributed by atoms with Crippen LogP contribution in [0.1, 0.15) is 64.7 Å². The fourth-order valence-corrected chi connectivity index (χ4v) is 3.08. The van der Waals surface area contributed by atoms with Crippen molar-refractivity contribution < 1.29 is 4.79 Å². The molecule has 3 nitrogen and oxygen atoms in total. The van der Waals surface area contributed by atoms with Crippen LogP contribution in [0.2, 0.25) is 0 Å². The lowest BCUT2D eigenvalue weighted by molar-refractivity contribution is -0.121. The quantitative estimate of drug-likeness (QED) is 0.731. The summed E-state index contributed by atoms with van der Waals surface area (Å²) in [5.74, 6) is 1.07. The predicted octanol–water partition coefficient (Wildman–Crippen LogP) is 2.60. The number of rotatable bonds is 7. The van der Waals surface area contributed by atoms with E-state index in [0.717, 1.165) is 12.5 Å². The van der Waals surface area contributed by atoms with E-state index in [0.29, 0.717) is 18.5 Å². The minimum absolute atomic E-state index is 0.225. The van der Waals surface area contributed by atoms with Crippen LogP contribution >= 0.6 is 0 Å². The molecule has 2 saturated carbocycles. The predicted molar refractivity (Wildman–Crippen MR) is 74.4 cm³/mol. The Morgan fingerprint density at radius 2 is 1.89 bits per heavy atom. The fourth-order valence-electron chi connectivity index (χ4n) is 3.08. The van der Waals surface area contributed by atoms with Gasteiger partial charge in [-0.25, -0.2) is 0 Å². The lowest BCUT2D eigenvalue weighted by atomic mass is 9.83. The van der Waals surface area contributed by atoms with Crippen LogP contribution in [0.25, 0.3) is 0 Å². The van der Waals surface area contributed by atoms with Crippen molar-refractivity contribution in [3.05, 3.63) is 0 Å². The molecule has 0 aromatic heterocycles. The molecule has 0 saturated heterocycles. The Labute approximate surface area is 111 Å². The lowest BCUT2D eigenvalue weighted by Gasteiger charge is -2.30. The van der Waals surface area contributed by atoms with Gasteiger partial charge in [0.2, 0.25) is 5.91 Å². The molecule has 0 aliphatic heterocycles. The number of carbonyl (C=O) groups excluding carboxylic acids is 1. The van der Waals surface area contributed by atoms with Gasteiger partial charge in [0.15, 0.2) is 0 Å². The summed E-state index contributed by atoms with van der Waals surface area (Å²) in [5, 5.41) is 6.65. The second kappa shape index (κ2) is 7.13. The number of carbonyl (C=O) groups is 1. The van der Waals surface area contributed by atoms with Gasteiger partial charge in [-0.05, 0) is 38.0 Å². The first kappa shape index (κ1) is 13.9. The van der Waals surface area contributed by atoms with Gasteiger partial charge < -0.3 is 10.6 Å². The Kier molecular flexibility index (Phi) is 5.48. The first-order valence-electron chi connectivity index (χ1n) is 7.82. The molecule has 2 aliphatic carbocycles. The van der Waals surface area contributed by atoms with Crippen molar-refractivity contribution in [2.75, 3.05) is 6.54 Å². The first-order valence-corrected chi connectivity index (χ1v) is 7.82. The third kappa shape index (κ3) is 4.60. The minimum atomic E-state index is 0.225. The maximum Gasteiger partial charge on any atom is 0.221 e. The van der Waals surface area contributed by atoms with Gasteiger partial charge in [0.1, 0.15) is 0 Å². The smallest absolute Gasteiger partial charge is 0.221 e. The molecule has 2 N–H and O–H groups in total. The Hall–Kier alpha value is -0.570. The molecule has 3 heteroatoms. The molecule has 18 heavy (non-hydrogen) atoms. The summed E-state index contributed by atoms with van der Waals surface area (Å²) >= 11 is 0. The molecule has 1 unspecified atom stereocenters. The van der Waals surface area contributed by atoms with Crippen molar-refractivity contribution in [1.29, 1.82) is 0 Å². The van der Waals surface area contributed by atoms with E-state index < -0.39 is 0 Å². The van der Waals surface area contributed by atoms with Crippen LogP contribution in [0, 0.1) is 5.92 Å². The number of hydrogen-bond acceptors (Lipinski definition) is 2. The van der Waals surface area contributed by atoms with Gasteiger partial charge in [0.25, 0.3) is 0 Å². The standard InChI is InChI=1S/C15H28N2O/c1-2-14(12-6-4-3-5-7-12)16-11-10-15(18)17-13-8-9-13/h12-14,16H,2-11H2,1H3,(H,17,18). The molecule has 0 heterocycles. The van der Waals surface area contributed by atoms with Gasteiger partial charge in [-0.1, -0.05) is 26.2 Å². The van der Waals surface area contributed by atoms with Crippen LogP contribution in [0.15, 0.2) is 0 Å². The summed E-state index contributed by atoms with van der Waals surface area (Å²) < 4.78 is 0. The van der Waals surface area contributed by atoms with Crippen LogP contribution in [-0.4, -0.2) is 24.5 Å². The van der Waals surface area contributed by atoms with Crippen LogP contribution < -0.4 is 10.6 Å². The Morgan fingerprint density at radius 3 is 2.50 bits per heavy atom. The third-order valence-electron chi connectivity index (χ3n) is 4.36. The van der Waals surface area contributed by atoms with Crippen LogP contribution in [0.4, 0.5) is 0 Å². The Bertz CT molecular complexity index is 257. The zero-order valence-electron chi connectivity index (χ0n) is 11.7. The van der Waals surface area contributed by atoms with Gasteiger partial charge >= 0.3 is 0 Å². The lowest BCUT2D eigenvalue weighted by Crippen LogP contribution is -2.39. The van der Waals surface area contributed by atoms with E-state index in [1.807, 2.05) is 0 Å². The second-order valence-electron chi connectivity index (χ2n) is 5.96. The molecule has 0 bridgehead atoms. The van der Waals surface area contributed by atoms with Gasteiger partial charge in [-0.2, -0.15) is 0 Å². The highest BCUT2D eigenvalue weighted by molar-refractivity contribution is 5.76. The van der Waals surface area contributed by atoms with Crippen molar-refractivity contribution >= 4 is 5.91 Å². The number of hydrogen-bond donors (Lipinski definition) is 2. The zero-order chi connectivity index (χ0) is 12.8. The van der Waals surface area contributed by atoms with E-state index in [1.165, 1.54) is 51.4 Å². The summed E-state index contributed by atoms with van der Waals surface area (Å²) in [6, 6.07) is 1.12. The normalized spacial score (nSPS) is 22.7. The summed E-state index contributed by atoms with van der Waals surface area (Å²) in [6.45, 7) is 3.10. The third-order valence-corrected chi connectivity index (χ3v) is 4.36. The van der Waals surface area contributed by atoms with E-state index in [1.54, 1.807) is 0 Å². The average molecular weight is 252 g/mol. The molecule has 104 valence electrons. The number of amides is 1. The molecule has 0 radical (unpaired) electrons. The van der Waals surface area contributed by atoms with E-state index in [4.69, 9.17) is 0 Å². The van der Waals surface area contributed by atoms with Crippen LogP contribution in [-0.2, 0) is 4.79 Å². The molecule has 2 rings (SSSR count). The van der Waals surface area contributed by atoms with Crippen molar-refractivity contribution in [2.45, 2.75) is 76.8 Å². The summed E-state index contributed by atoms with van der Waals surface area (Å²) in [6.07, 6.45) is 11.1. The first-order chi connectivity index (χ1) is 8.79.